The van der Waals surface area contributed by atoms with Gasteiger partial charge in [-0.15, -0.1) is 0 Å². The zero-order valence-corrected chi connectivity index (χ0v) is 7.30. The first-order valence-corrected chi connectivity index (χ1v) is 3.72. The molecule has 0 radical (unpaired) electrons. The second-order valence-electron chi connectivity index (χ2n) is 2.76. The van der Waals surface area contributed by atoms with Gasteiger partial charge in [-0.05, 0) is 25.8 Å². The maximum Gasteiger partial charge on any atom is 0.0692 e. The fourth-order valence-electron chi connectivity index (χ4n) is 0.581. The molecule has 0 amide bonds. The van der Waals surface area contributed by atoms with Crippen LogP contribution in [0.15, 0.2) is 36.5 Å². The predicted octanol–water partition coefficient (Wildman–Crippen LogP) is 2.45. The number of aliphatic hydroxyl groups excluding tert-OH is 1. The van der Waals surface area contributed by atoms with E-state index in [1.807, 2.05) is 13.0 Å². The number of hydrogen-bond acceptors (Lipinski definition) is 1. The predicted molar refractivity (Wildman–Crippen MR) is 49.4 cm³/mol. The third-order valence-corrected chi connectivity index (χ3v) is 1.38. The maximum atomic E-state index is 8.86. The van der Waals surface area contributed by atoms with Gasteiger partial charge in [-0.2, -0.15) is 0 Å². The fourth-order valence-corrected chi connectivity index (χ4v) is 0.581. The van der Waals surface area contributed by atoms with E-state index in [2.05, 4.69) is 13.2 Å². The van der Waals surface area contributed by atoms with Crippen LogP contribution >= 0.6 is 0 Å². The smallest absolute Gasteiger partial charge is 0.0692 e. The Morgan fingerprint density at radius 3 is 2.45 bits per heavy atom. The molecule has 0 bridgehead atoms. The van der Waals surface area contributed by atoms with Crippen molar-refractivity contribution in [3.8, 4) is 0 Å². The van der Waals surface area contributed by atoms with Crippen LogP contribution in [0.25, 0.3) is 0 Å². The van der Waals surface area contributed by atoms with Gasteiger partial charge in [0, 0.05) is 0 Å². The van der Waals surface area contributed by atoms with Crippen molar-refractivity contribution < 1.29 is 5.11 Å². The van der Waals surface area contributed by atoms with Crippen molar-refractivity contribution >= 4 is 0 Å². The largest absolute Gasteiger partial charge is 0.389 e. The van der Waals surface area contributed by atoms with Gasteiger partial charge in [0.25, 0.3) is 0 Å². The van der Waals surface area contributed by atoms with Gasteiger partial charge in [0.2, 0.25) is 0 Å². The van der Waals surface area contributed by atoms with Crippen LogP contribution in [0.5, 0.6) is 0 Å². The van der Waals surface area contributed by atoms with Crippen LogP contribution in [0.2, 0.25) is 0 Å². The molecule has 0 aromatic heterocycles. The number of allylic oxidation sites excluding steroid dienone is 3. The molecule has 0 fully saturated rings. The van der Waals surface area contributed by atoms with E-state index in [9.17, 15) is 0 Å². The van der Waals surface area contributed by atoms with Crippen molar-refractivity contribution in [3.05, 3.63) is 36.5 Å². The summed E-state index contributed by atoms with van der Waals surface area (Å²) in [6.07, 6.45) is 4.06. The zero-order valence-electron chi connectivity index (χ0n) is 7.30. The van der Waals surface area contributed by atoms with E-state index in [1.165, 1.54) is 0 Å². The van der Waals surface area contributed by atoms with Crippen molar-refractivity contribution in [2.24, 2.45) is 0 Å². The molecule has 0 saturated carbocycles. The highest BCUT2D eigenvalue weighted by molar-refractivity contribution is 5.24. The Hall–Kier alpha value is -0.820. The Labute approximate surface area is 68.7 Å². The number of hydrogen-bond donors (Lipinski definition) is 1. The van der Waals surface area contributed by atoms with Crippen LogP contribution in [-0.4, -0.2) is 11.2 Å². The van der Waals surface area contributed by atoms with Crippen molar-refractivity contribution in [3.63, 3.8) is 0 Å². The molecule has 1 nitrogen and oxygen atoms in total. The summed E-state index contributed by atoms with van der Waals surface area (Å²) >= 11 is 0. The Morgan fingerprint density at radius 2 is 2.09 bits per heavy atom. The van der Waals surface area contributed by atoms with Crippen LogP contribution in [0.3, 0.4) is 0 Å². The lowest BCUT2D eigenvalue weighted by Crippen LogP contribution is -1.91. The Morgan fingerprint density at radius 1 is 1.55 bits per heavy atom. The number of aliphatic hydroxyl groups is 1. The quantitative estimate of drug-likeness (QED) is 0.484. The second-order valence-corrected chi connectivity index (χ2v) is 2.76. The Kier molecular flexibility index (Phi) is 4.55. The van der Waals surface area contributed by atoms with E-state index in [0.717, 1.165) is 17.6 Å². The molecule has 1 heteroatoms. The summed E-state index contributed by atoms with van der Waals surface area (Å²) in [5, 5.41) is 8.86. The topological polar surface area (TPSA) is 20.2 Å². The third kappa shape index (κ3) is 5.62. The van der Waals surface area contributed by atoms with Crippen LogP contribution in [0, 0.1) is 0 Å². The van der Waals surface area contributed by atoms with E-state index < -0.39 is 0 Å². The van der Waals surface area contributed by atoms with Crippen molar-refractivity contribution in [2.45, 2.75) is 26.4 Å². The molecule has 11 heavy (non-hydrogen) atoms. The first-order valence-electron chi connectivity index (χ1n) is 3.72. The van der Waals surface area contributed by atoms with Gasteiger partial charge in [-0.3, -0.25) is 0 Å². The summed E-state index contributed by atoms with van der Waals surface area (Å²) < 4.78 is 0. The normalized spacial score (nSPS) is 13.4. The van der Waals surface area contributed by atoms with Gasteiger partial charge in [0.05, 0.1) is 6.10 Å². The summed E-state index contributed by atoms with van der Waals surface area (Å²) in [7, 11) is 0. The monoisotopic (exact) mass is 152 g/mol. The van der Waals surface area contributed by atoms with Crippen LogP contribution < -0.4 is 0 Å². The van der Waals surface area contributed by atoms with Gasteiger partial charge >= 0.3 is 0 Å². The number of rotatable bonds is 4. The molecule has 0 aromatic carbocycles. The molecule has 0 saturated heterocycles. The molecule has 0 aliphatic carbocycles. The molecule has 0 aliphatic rings. The van der Waals surface area contributed by atoms with E-state index in [-0.39, 0.29) is 6.10 Å². The summed E-state index contributed by atoms with van der Waals surface area (Å²) in [4.78, 5) is 0. The molecule has 0 spiro atoms. The molecule has 1 atom stereocenters. The van der Waals surface area contributed by atoms with Crippen LogP contribution in [-0.2, 0) is 0 Å². The minimum atomic E-state index is -0.368. The molecular formula is C10H16O. The zero-order chi connectivity index (χ0) is 8.85. The lowest BCUT2D eigenvalue weighted by Gasteiger charge is -1.99. The summed E-state index contributed by atoms with van der Waals surface area (Å²) in [6, 6.07) is 0. The molecule has 1 N–H and O–H groups in total. The summed E-state index contributed by atoms with van der Waals surface area (Å²) in [6.45, 7) is 11.2. The van der Waals surface area contributed by atoms with Crippen LogP contribution in [0.4, 0.5) is 0 Å². The van der Waals surface area contributed by atoms with Crippen molar-refractivity contribution in [2.75, 3.05) is 0 Å². The first kappa shape index (κ1) is 10.2. The lowest BCUT2D eigenvalue weighted by atomic mass is 10.1. The van der Waals surface area contributed by atoms with E-state index in [0.29, 0.717) is 0 Å². The first-order chi connectivity index (χ1) is 5.04. The van der Waals surface area contributed by atoms with Gasteiger partial charge < -0.3 is 5.11 Å². The molecule has 0 heterocycles. The third-order valence-electron chi connectivity index (χ3n) is 1.38. The maximum absolute atomic E-state index is 8.86. The van der Waals surface area contributed by atoms with E-state index in [1.54, 1.807) is 13.0 Å². The minimum absolute atomic E-state index is 0.368. The van der Waals surface area contributed by atoms with Crippen molar-refractivity contribution in [1.82, 2.24) is 0 Å². The average Bonchev–Trinajstić information content (AvgIpc) is 1.86. The Bertz CT molecular complexity index is 175. The molecule has 0 rings (SSSR count). The summed E-state index contributed by atoms with van der Waals surface area (Å²) in [5.41, 5.74) is 2.02. The van der Waals surface area contributed by atoms with Crippen LogP contribution in [0.1, 0.15) is 20.3 Å². The minimum Gasteiger partial charge on any atom is -0.389 e. The fraction of sp³-hybridized carbons (Fsp3) is 0.400. The molecule has 62 valence electrons. The van der Waals surface area contributed by atoms with Gasteiger partial charge in [0.15, 0.2) is 0 Å². The molecule has 0 aromatic rings. The highest BCUT2D eigenvalue weighted by atomic mass is 16.3. The Balaban J connectivity index is 3.71. The second kappa shape index (κ2) is 4.91. The highest BCUT2D eigenvalue weighted by Gasteiger charge is 1.90. The summed E-state index contributed by atoms with van der Waals surface area (Å²) in [5.74, 6) is 0. The van der Waals surface area contributed by atoms with E-state index >= 15 is 0 Å². The average molecular weight is 152 g/mol. The van der Waals surface area contributed by atoms with Gasteiger partial charge in [-0.25, -0.2) is 0 Å². The van der Waals surface area contributed by atoms with E-state index in [4.69, 9.17) is 5.11 Å². The molecule has 1 unspecified atom stereocenters. The van der Waals surface area contributed by atoms with Gasteiger partial charge in [0.1, 0.15) is 0 Å². The van der Waals surface area contributed by atoms with Crippen molar-refractivity contribution in [1.29, 1.82) is 0 Å². The molecular weight excluding hydrogens is 136 g/mol. The van der Waals surface area contributed by atoms with Gasteiger partial charge in [-0.1, -0.05) is 30.9 Å². The lowest BCUT2D eigenvalue weighted by molar-refractivity contribution is 0.244. The highest BCUT2D eigenvalue weighted by Crippen LogP contribution is 2.08. The molecule has 0 aliphatic heterocycles. The SMILES string of the molecule is C=C(C)C(=C)C/C=C/C(C)O. The standard InChI is InChI=1S/C10H16O/c1-8(2)9(3)6-5-7-10(4)11/h5,7,10-11H,1,3,6H2,2,4H3/b7-5+.